The molecule has 1 atom stereocenters. The highest BCUT2D eigenvalue weighted by Gasteiger charge is 2.19. The first-order chi connectivity index (χ1) is 40.5. The van der Waals surface area contributed by atoms with Gasteiger partial charge in [-0.3, -0.25) is 14.4 Å². The molecule has 0 spiro atoms. The summed E-state index contributed by atoms with van der Waals surface area (Å²) in [7, 11) is 0. The van der Waals surface area contributed by atoms with Crippen molar-refractivity contribution >= 4 is 17.9 Å². The van der Waals surface area contributed by atoms with Crippen LogP contribution in [0.1, 0.15) is 374 Å². The van der Waals surface area contributed by atoms with Gasteiger partial charge < -0.3 is 14.2 Å². The molecule has 0 rings (SSSR count). The van der Waals surface area contributed by atoms with Crippen LogP contribution in [-0.2, 0) is 28.6 Å². The van der Waals surface area contributed by atoms with E-state index in [0.717, 1.165) is 77.0 Å². The van der Waals surface area contributed by atoms with Crippen LogP contribution >= 0.6 is 0 Å². The van der Waals surface area contributed by atoms with Crippen molar-refractivity contribution < 1.29 is 28.6 Å². The first-order valence-corrected chi connectivity index (χ1v) is 35.9. The summed E-state index contributed by atoms with van der Waals surface area (Å²) >= 11 is 0. The molecular formula is C76H136O6. The number of carbonyl (C=O) groups is 3. The van der Waals surface area contributed by atoms with E-state index >= 15 is 0 Å². The Morgan fingerprint density at radius 3 is 0.720 bits per heavy atom. The fourth-order valence-electron chi connectivity index (χ4n) is 10.7. The quantitative estimate of drug-likeness (QED) is 0.0261. The van der Waals surface area contributed by atoms with Crippen LogP contribution < -0.4 is 0 Å². The van der Waals surface area contributed by atoms with Crippen molar-refractivity contribution in [1.29, 1.82) is 0 Å². The van der Waals surface area contributed by atoms with Gasteiger partial charge in [-0.25, -0.2) is 0 Å². The van der Waals surface area contributed by atoms with E-state index in [-0.39, 0.29) is 37.5 Å². The predicted molar refractivity (Wildman–Crippen MR) is 358 cm³/mol. The van der Waals surface area contributed by atoms with Crippen molar-refractivity contribution in [2.75, 3.05) is 13.2 Å². The summed E-state index contributed by atoms with van der Waals surface area (Å²) in [6.45, 7) is 6.50. The highest BCUT2D eigenvalue weighted by atomic mass is 16.6. The number of hydrogen-bond acceptors (Lipinski definition) is 6. The minimum atomic E-state index is -0.814. The number of carbonyl (C=O) groups excluding carboxylic acids is 3. The van der Waals surface area contributed by atoms with Crippen molar-refractivity contribution in [2.24, 2.45) is 0 Å². The van der Waals surface area contributed by atoms with Gasteiger partial charge in [0.05, 0.1) is 0 Å². The number of hydrogen-bond donors (Lipinski definition) is 0. The fraction of sp³-hybridized carbons (Fsp3) is 0.803. The number of allylic oxidation sites excluding steroid dienone is 12. The average Bonchev–Trinajstić information content (AvgIpc) is 3.48. The Morgan fingerprint density at radius 1 is 0.256 bits per heavy atom. The lowest BCUT2D eigenvalue weighted by Gasteiger charge is -2.18. The maximum absolute atomic E-state index is 12.9. The van der Waals surface area contributed by atoms with Crippen LogP contribution in [0.3, 0.4) is 0 Å². The van der Waals surface area contributed by atoms with E-state index in [0.29, 0.717) is 19.3 Å². The van der Waals surface area contributed by atoms with E-state index < -0.39 is 6.10 Å². The smallest absolute Gasteiger partial charge is 0.306 e. The minimum Gasteiger partial charge on any atom is -0.462 e. The molecule has 1 unspecified atom stereocenters. The molecule has 0 aliphatic carbocycles. The number of esters is 3. The van der Waals surface area contributed by atoms with Crippen LogP contribution in [0, 0.1) is 0 Å². The number of unbranched alkanes of at least 4 members (excludes halogenated alkanes) is 43. The molecule has 0 aromatic heterocycles. The highest BCUT2D eigenvalue weighted by Crippen LogP contribution is 2.19. The summed E-state index contributed by atoms with van der Waals surface area (Å²) < 4.78 is 16.8. The Morgan fingerprint density at radius 2 is 0.476 bits per heavy atom. The van der Waals surface area contributed by atoms with Crippen LogP contribution in [0.15, 0.2) is 72.9 Å². The van der Waals surface area contributed by atoms with E-state index in [2.05, 4.69) is 87.6 Å². The summed E-state index contributed by atoms with van der Waals surface area (Å²) in [6, 6.07) is 0. The number of rotatable bonds is 66. The topological polar surface area (TPSA) is 78.9 Å². The van der Waals surface area contributed by atoms with Crippen LogP contribution in [-0.4, -0.2) is 37.2 Å². The van der Waals surface area contributed by atoms with Gasteiger partial charge in [0.25, 0.3) is 0 Å². The van der Waals surface area contributed by atoms with Gasteiger partial charge in [0.2, 0.25) is 0 Å². The van der Waals surface area contributed by atoms with Crippen molar-refractivity contribution in [3.8, 4) is 0 Å². The van der Waals surface area contributed by atoms with Crippen LogP contribution in [0.25, 0.3) is 0 Å². The second-order valence-corrected chi connectivity index (χ2v) is 24.1. The standard InChI is InChI=1S/C76H136O6/c1-4-7-10-13-16-19-22-24-26-28-30-31-32-33-34-35-36-37-38-39-40-41-42-43-44-45-47-48-50-52-54-57-60-63-66-69-75(78)81-72-73(71-80-74(77)68-65-62-59-56-21-18-15-12-9-6-3)82-76(79)70-67-64-61-58-55-53-51-49-46-29-27-25-23-20-17-14-11-8-5-2/h8,11,17,20,25,27,46,49,53,55,61,64,73H,4-7,9-10,12-16,18-19,21-24,26,28-45,47-48,50-52,54,56-60,62-63,65-72H2,1-3H3/b11-8-,20-17-,27-25-,49-46-,55-53-,64-61-. The molecule has 476 valence electrons. The zero-order valence-corrected chi connectivity index (χ0v) is 54.8. The first kappa shape index (κ1) is 78.8. The minimum absolute atomic E-state index is 0.101. The molecule has 0 radical (unpaired) electrons. The fourth-order valence-corrected chi connectivity index (χ4v) is 10.7. The van der Waals surface area contributed by atoms with Crippen molar-refractivity contribution in [3.05, 3.63) is 72.9 Å². The third-order valence-electron chi connectivity index (χ3n) is 16.0. The largest absolute Gasteiger partial charge is 0.462 e. The summed E-state index contributed by atoms with van der Waals surface area (Å²) in [6.07, 6.45) is 92.7. The molecule has 0 aromatic carbocycles. The van der Waals surface area contributed by atoms with E-state index in [9.17, 15) is 14.4 Å². The maximum atomic E-state index is 12.9. The van der Waals surface area contributed by atoms with Crippen molar-refractivity contribution in [1.82, 2.24) is 0 Å². The molecule has 0 aliphatic heterocycles. The SMILES string of the molecule is CC/C=C\C/C=C\C/C=C\C/C=C\C/C=C\C/C=C\CCC(=O)OC(COC(=O)CCCCCCCCCCCC)COC(=O)CCCCCCCCCCCCCCCCCCCCCCCCCCCCCCCCCCCCC. The Balaban J connectivity index is 4.09. The summed E-state index contributed by atoms with van der Waals surface area (Å²) in [4.78, 5) is 38.2. The molecule has 0 fully saturated rings. The van der Waals surface area contributed by atoms with Gasteiger partial charge in [-0.15, -0.1) is 0 Å². The maximum Gasteiger partial charge on any atom is 0.306 e. The third kappa shape index (κ3) is 67.6. The Hall–Kier alpha value is -3.15. The van der Waals surface area contributed by atoms with Crippen LogP contribution in [0.5, 0.6) is 0 Å². The monoisotopic (exact) mass is 1150 g/mol. The Kier molecular flexibility index (Phi) is 67.6. The predicted octanol–water partition coefficient (Wildman–Crippen LogP) is 24.8. The van der Waals surface area contributed by atoms with Crippen molar-refractivity contribution in [3.63, 3.8) is 0 Å². The molecule has 0 N–H and O–H groups in total. The zero-order chi connectivity index (χ0) is 59.2. The normalized spacial score (nSPS) is 12.5. The van der Waals surface area contributed by atoms with Crippen molar-refractivity contribution in [2.45, 2.75) is 380 Å². The summed E-state index contributed by atoms with van der Waals surface area (Å²) in [5.41, 5.74) is 0. The zero-order valence-electron chi connectivity index (χ0n) is 54.8. The molecule has 0 aromatic rings. The molecule has 6 nitrogen and oxygen atoms in total. The average molecular weight is 1150 g/mol. The van der Waals surface area contributed by atoms with Gasteiger partial charge in [-0.2, -0.15) is 0 Å². The van der Waals surface area contributed by atoms with Gasteiger partial charge in [-0.05, 0) is 57.8 Å². The second-order valence-electron chi connectivity index (χ2n) is 24.1. The van der Waals surface area contributed by atoms with E-state index in [4.69, 9.17) is 14.2 Å². The van der Waals surface area contributed by atoms with E-state index in [1.165, 1.54) is 250 Å². The summed E-state index contributed by atoms with van der Waals surface area (Å²) in [5, 5.41) is 0. The molecule has 82 heavy (non-hydrogen) atoms. The molecule has 0 amide bonds. The Labute approximate surface area is 510 Å². The molecule has 0 heterocycles. The van der Waals surface area contributed by atoms with E-state index in [1.807, 2.05) is 6.08 Å². The lowest BCUT2D eigenvalue weighted by molar-refractivity contribution is -0.166. The molecule has 0 saturated carbocycles. The van der Waals surface area contributed by atoms with E-state index in [1.54, 1.807) is 0 Å². The van der Waals surface area contributed by atoms with Crippen LogP contribution in [0.4, 0.5) is 0 Å². The third-order valence-corrected chi connectivity index (χ3v) is 16.0. The molecule has 0 saturated heterocycles. The van der Waals surface area contributed by atoms with Gasteiger partial charge >= 0.3 is 17.9 Å². The lowest BCUT2D eigenvalue weighted by atomic mass is 10.0. The first-order valence-electron chi connectivity index (χ1n) is 35.9. The molecule has 0 bridgehead atoms. The van der Waals surface area contributed by atoms with Gasteiger partial charge in [0.15, 0.2) is 6.10 Å². The molecule has 0 aliphatic rings. The molecule has 6 heteroatoms. The van der Waals surface area contributed by atoms with Gasteiger partial charge in [0.1, 0.15) is 13.2 Å². The number of ether oxygens (including phenoxy) is 3. The lowest BCUT2D eigenvalue weighted by Crippen LogP contribution is -2.30. The summed E-state index contributed by atoms with van der Waals surface area (Å²) in [5.74, 6) is -0.971. The molecular weight excluding hydrogens is 1010 g/mol. The van der Waals surface area contributed by atoms with Gasteiger partial charge in [0, 0.05) is 19.3 Å². The second kappa shape index (κ2) is 70.3. The Bertz CT molecular complexity index is 1500. The van der Waals surface area contributed by atoms with Gasteiger partial charge in [-0.1, -0.05) is 370 Å². The van der Waals surface area contributed by atoms with Crippen LogP contribution in [0.2, 0.25) is 0 Å². The highest BCUT2D eigenvalue weighted by molar-refractivity contribution is 5.71.